The summed E-state index contributed by atoms with van der Waals surface area (Å²) in [6.45, 7) is 5.12. The standard InChI is InChI=1S/C19H27N3O/c1-16-7-3-4-10-19(16)22-15-17(13-20-22)14-21(2)11-5-8-18-9-6-12-23-18/h3-4,7,10,13,15,18H,5-6,8-9,11-12,14H2,1-2H3. The summed E-state index contributed by atoms with van der Waals surface area (Å²) in [5.41, 5.74) is 3.65. The lowest BCUT2D eigenvalue weighted by Crippen LogP contribution is -2.20. The van der Waals surface area contributed by atoms with E-state index in [9.17, 15) is 0 Å². The monoisotopic (exact) mass is 313 g/mol. The Hall–Kier alpha value is -1.65. The fraction of sp³-hybridized carbons (Fsp3) is 0.526. The molecule has 2 aromatic rings. The molecule has 23 heavy (non-hydrogen) atoms. The molecule has 0 amide bonds. The van der Waals surface area contributed by atoms with Crippen LogP contribution >= 0.6 is 0 Å². The second kappa shape index (κ2) is 7.75. The molecule has 4 heteroatoms. The first-order valence-electron chi connectivity index (χ1n) is 8.62. The molecule has 1 atom stereocenters. The second-order valence-corrected chi connectivity index (χ2v) is 6.59. The molecular formula is C19H27N3O. The highest BCUT2D eigenvalue weighted by Gasteiger charge is 2.15. The molecule has 0 aliphatic carbocycles. The van der Waals surface area contributed by atoms with Gasteiger partial charge in [-0.15, -0.1) is 0 Å². The van der Waals surface area contributed by atoms with Crippen molar-refractivity contribution in [3.63, 3.8) is 0 Å². The van der Waals surface area contributed by atoms with Crippen molar-refractivity contribution in [2.24, 2.45) is 0 Å². The first kappa shape index (κ1) is 16.2. The topological polar surface area (TPSA) is 30.3 Å². The molecule has 0 bridgehead atoms. The van der Waals surface area contributed by atoms with E-state index in [1.807, 2.05) is 10.9 Å². The van der Waals surface area contributed by atoms with Gasteiger partial charge in [0, 0.05) is 24.9 Å². The molecule has 4 nitrogen and oxygen atoms in total. The van der Waals surface area contributed by atoms with Crippen molar-refractivity contribution in [2.45, 2.75) is 45.3 Å². The van der Waals surface area contributed by atoms with Gasteiger partial charge in [0.2, 0.25) is 0 Å². The van der Waals surface area contributed by atoms with Crippen LogP contribution in [0.3, 0.4) is 0 Å². The molecule has 1 saturated heterocycles. The molecule has 2 heterocycles. The first-order valence-corrected chi connectivity index (χ1v) is 8.62. The largest absolute Gasteiger partial charge is 0.378 e. The van der Waals surface area contributed by atoms with Gasteiger partial charge >= 0.3 is 0 Å². The highest BCUT2D eigenvalue weighted by molar-refractivity contribution is 5.39. The molecule has 1 aromatic heterocycles. The Kier molecular flexibility index (Phi) is 5.47. The van der Waals surface area contributed by atoms with Crippen molar-refractivity contribution in [2.75, 3.05) is 20.2 Å². The number of aryl methyl sites for hydroxylation is 1. The van der Waals surface area contributed by atoms with Crippen LogP contribution in [0.4, 0.5) is 0 Å². The number of ether oxygens (including phenoxy) is 1. The molecule has 0 spiro atoms. The minimum atomic E-state index is 0.507. The summed E-state index contributed by atoms with van der Waals surface area (Å²) < 4.78 is 7.66. The Morgan fingerprint density at radius 1 is 1.35 bits per heavy atom. The van der Waals surface area contributed by atoms with Gasteiger partial charge in [0.1, 0.15) is 0 Å². The van der Waals surface area contributed by atoms with E-state index < -0.39 is 0 Å². The number of rotatable bonds is 7. The summed E-state index contributed by atoms with van der Waals surface area (Å²) in [6.07, 6.45) is 9.49. The molecule has 124 valence electrons. The lowest BCUT2D eigenvalue weighted by atomic mass is 10.1. The van der Waals surface area contributed by atoms with Gasteiger partial charge in [-0.05, 0) is 57.8 Å². The third-order valence-corrected chi connectivity index (χ3v) is 4.54. The van der Waals surface area contributed by atoms with Crippen LogP contribution in [-0.4, -0.2) is 41.0 Å². The molecule has 1 aliphatic heterocycles. The molecule has 0 radical (unpaired) electrons. The molecular weight excluding hydrogens is 286 g/mol. The lowest BCUT2D eigenvalue weighted by molar-refractivity contribution is 0.0995. The Bertz CT molecular complexity index is 617. The summed E-state index contributed by atoms with van der Waals surface area (Å²) in [4.78, 5) is 2.37. The van der Waals surface area contributed by atoms with Crippen molar-refractivity contribution in [3.05, 3.63) is 47.8 Å². The van der Waals surface area contributed by atoms with Gasteiger partial charge in [0.05, 0.1) is 18.0 Å². The van der Waals surface area contributed by atoms with Gasteiger partial charge in [-0.1, -0.05) is 18.2 Å². The average Bonchev–Trinajstić information content (AvgIpc) is 3.20. The van der Waals surface area contributed by atoms with Gasteiger partial charge in [0.15, 0.2) is 0 Å². The van der Waals surface area contributed by atoms with E-state index in [-0.39, 0.29) is 0 Å². The van der Waals surface area contributed by atoms with Crippen LogP contribution in [0.15, 0.2) is 36.7 Å². The molecule has 3 rings (SSSR count). The normalized spacial score (nSPS) is 18.0. The van der Waals surface area contributed by atoms with Gasteiger partial charge in [0.25, 0.3) is 0 Å². The van der Waals surface area contributed by atoms with E-state index in [0.29, 0.717) is 6.10 Å². The van der Waals surface area contributed by atoms with Crippen molar-refractivity contribution in [3.8, 4) is 5.69 Å². The minimum absolute atomic E-state index is 0.507. The number of hydrogen-bond donors (Lipinski definition) is 0. The van der Waals surface area contributed by atoms with Crippen LogP contribution in [0.5, 0.6) is 0 Å². The molecule has 1 fully saturated rings. The van der Waals surface area contributed by atoms with Crippen LogP contribution in [0.25, 0.3) is 5.69 Å². The Morgan fingerprint density at radius 2 is 2.22 bits per heavy atom. The summed E-state index contributed by atoms with van der Waals surface area (Å²) >= 11 is 0. The van der Waals surface area contributed by atoms with E-state index >= 15 is 0 Å². The first-order chi connectivity index (χ1) is 11.2. The van der Waals surface area contributed by atoms with Gasteiger partial charge in [-0.25, -0.2) is 4.68 Å². The minimum Gasteiger partial charge on any atom is -0.378 e. The quantitative estimate of drug-likeness (QED) is 0.783. The van der Waals surface area contributed by atoms with Crippen LogP contribution in [0.1, 0.15) is 36.8 Å². The fourth-order valence-corrected chi connectivity index (χ4v) is 3.25. The Balaban J connectivity index is 1.49. The van der Waals surface area contributed by atoms with Crippen molar-refractivity contribution in [1.29, 1.82) is 0 Å². The number of aromatic nitrogens is 2. The van der Waals surface area contributed by atoms with E-state index in [1.165, 1.54) is 36.8 Å². The maximum absolute atomic E-state index is 5.68. The zero-order chi connectivity index (χ0) is 16.1. The second-order valence-electron chi connectivity index (χ2n) is 6.59. The maximum Gasteiger partial charge on any atom is 0.0674 e. The zero-order valence-corrected chi connectivity index (χ0v) is 14.2. The average molecular weight is 313 g/mol. The molecule has 0 saturated carbocycles. The van der Waals surface area contributed by atoms with Gasteiger partial charge in [-0.2, -0.15) is 5.10 Å². The summed E-state index contributed by atoms with van der Waals surface area (Å²) in [6, 6.07) is 8.34. The van der Waals surface area contributed by atoms with Crippen LogP contribution in [-0.2, 0) is 11.3 Å². The third kappa shape index (κ3) is 4.43. The molecule has 0 N–H and O–H groups in total. The fourth-order valence-electron chi connectivity index (χ4n) is 3.25. The molecule has 1 aromatic carbocycles. The molecule has 1 unspecified atom stereocenters. The number of benzene rings is 1. The number of nitrogens with zero attached hydrogens (tertiary/aromatic N) is 3. The SMILES string of the molecule is Cc1ccccc1-n1cc(CN(C)CCCC2CCCO2)cn1. The molecule has 1 aliphatic rings. The third-order valence-electron chi connectivity index (χ3n) is 4.54. The van der Waals surface area contributed by atoms with Crippen LogP contribution in [0, 0.1) is 6.92 Å². The van der Waals surface area contributed by atoms with Crippen molar-refractivity contribution in [1.82, 2.24) is 14.7 Å². The Morgan fingerprint density at radius 3 is 3.00 bits per heavy atom. The van der Waals surface area contributed by atoms with E-state index in [1.54, 1.807) is 0 Å². The van der Waals surface area contributed by atoms with Crippen LogP contribution < -0.4 is 0 Å². The van der Waals surface area contributed by atoms with Crippen molar-refractivity contribution >= 4 is 0 Å². The smallest absolute Gasteiger partial charge is 0.0674 e. The van der Waals surface area contributed by atoms with E-state index in [2.05, 4.69) is 54.4 Å². The van der Waals surface area contributed by atoms with Gasteiger partial charge < -0.3 is 9.64 Å². The lowest BCUT2D eigenvalue weighted by Gasteiger charge is -2.16. The van der Waals surface area contributed by atoms with E-state index in [0.717, 1.165) is 25.4 Å². The van der Waals surface area contributed by atoms with E-state index in [4.69, 9.17) is 4.74 Å². The maximum atomic E-state index is 5.68. The van der Waals surface area contributed by atoms with Crippen LogP contribution in [0.2, 0.25) is 0 Å². The summed E-state index contributed by atoms with van der Waals surface area (Å²) in [5, 5.41) is 4.51. The Labute approximate surface area is 139 Å². The predicted octanol–water partition coefficient (Wildman–Crippen LogP) is 3.57. The highest BCUT2D eigenvalue weighted by atomic mass is 16.5. The van der Waals surface area contributed by atoms with Crippen molar-refractivity contribution < 1.29 is 4.74 Å². The number of hydrogen-bond acceptors (Lipinski definition) is 3. The number of para-hydroxylation sites is 1. The van der Waals surface area contributed by atoms with Gasteiger partial charge in [-0.3, -0.25) is 0 Å². The highest BCUT2D eigenvalue weighted by Crippen LogP contribution is 2.17. The summed E-state index contributed by atoms with van der Waals surface area (Å²) in [7, 11) is 2.18. The summed E-state index contributed by atoms with van der Waals surface area (Å²) in [5.74, 6) is 0. The predicted molar refractivity (Wildman–Crippen MR) is 92.8 cm³/mol. The zero-order valence-electron chi connectivity index (χ0n) is 14.2.